The lowest BCUT2D eigenvalue weighted by Gasteiger charge is -2.38. The summed E-state index contributed by atoms with van der Waals surface area (Å²) in [6.07, 6.45) is -8.96. The number of alkyl halides is 6. The maximum absolute atomic E-state index is 14.5. The number of rotatable bonds is 12. The van der Waals surface area contributed by atoms with E-state index >= 15 is 0 Å². The number of phenolic OH excluding ortho intramolecular Hbond substituents is 2. The number of aromatic hydroxyl groups is 2. The van der Waals surface area contributed by atoms with Crippen LogP contribution in [-0.4, -0.2) is 39.8 Å². The second kappa shape index (κ2) is 13.2. The molecule has 42 heavy (non-hydrogen) atoms. The molecular formula is C30H38F6N2O4. The van der Waals surface area contributed by atoms with Gasteiger partial charge >= 0.3 is 12.4 Å². The van der Waals surface area contributed by atoms with Gasteiger partial charge in [-0.1, -0.05) is 38.8 Å². The first-order valence-corrected chi connectivity index (χ1v) is 13.6. The van der Waals surface area contributed by atoms with Gasteiger partial charge in [-0.15, -0.1) is 0 Å². The van der Waals surface area contributed by atoms with Crippen LogP contribution in [0.4, 0.5) is 37.7 Å². The lowest BCUT2D eigenvalue weighted by Crippen LogP contribution is -2.54. The first kappa shape index (κ1) is 34.8. The van der Waals surface area contributed by atoms with Crippen LogP contribution in [-0.2, 0) is 15.0 Å². The summed E-state index contributed by atoms with van der Waals surface area (Å²) in [5.74, 6) is -2.28. The third-order valence-corrected chi connectivity index (χ3v) is 6.72. The number of nitrogens with one attached hydrogen (secondary N) is 2. The Bertz CT molecular complexity index is 1240. The zero-order chi connectivity index (χ0) is 32.1. The molecule has 0 aliphatic rings. The summed E-state index contributed by atoms with van der Waals surface area (Å²) >= 11 is 0. The Morgan fingerprint density at radius 1 is 0.738 bits per heavy atom. The van der Waals surface area contributed by atoms with E-state index < -0.39 is 51.8 Å². The molecule has 0 saturated heterocycles. The minimum Gasteiger partial charge on any atom is -0.506 e. The molecule has 2 rings (SSSR count). The number of Topliss-reactive ketones (excluding diaryl/α,β-unsaturated/α-hetero) is 1. The van der Waals surface area contributed by atoms with Crippen LogP contribution in [0.3, 0.4) is 0 Å². The fourth-order valence-electron chi connectivity index (χ4n) is 4.57. The van der Waals surface area contributed by atoms with Gasteiger partial charge in [0, 0.05) is 24.3 Å². The number of halogens is 6. The first-order chi connectivity index (χ1) is 19.2. The smallest absolute Gasteiger partial charge is 0.411 e. The number of amides is 1. The zero-order valence-electron chi connectivity index (χ0n) is 24.3. The average molecular weight is 605 g/mol. The predicted octanol–water partition coefficient (Wildman–Crippen LogP) is 8.22. The Hall–Kier alpha value is -3.44. The Balaban J connectivity index is 2.32. The van der Waals surface area contributed by atoms with Gasteiger partial charge in [0.05, 0.1) is 11.4 Å². The Labute approximate surface area is 241 Å². The highest BCUT2D eigenvalue weighted by molar-refractivity contribution is 5.92. The van der Waals surface area contributed by atoms with Crippen LogP contribution in [0.25, 0.3) is 0 Å². The fourth-order valence-corrected chi connectivity index (χ4v) is 4.57. The molecule has 2 aromatic rings. The standard InChI is InChI=1S/C30H38F6N2O4/c1-18(2)23(39)10-8-6-7-9-11-26(42)37-21-14-12-19(16-24(21)40)28(29(31,32)33,30(34,35)36)20-13-15-22(25(41)17-20)38-27(3,4)5/h12-18,38,40-41H,6-11H2,1-5H3,(H,37,42). The summed E-state index contributed by atoms with van der Waals surface area (Å²) in [5, 5.41) is 25.9. The molecule has 0 bridgehead atoms. The lowest BCUT2D eigenvalue weighted by molar-refractivity contribution is -0.288. The van der Waals surface area contributed by atoms with Crippen molar-refractivity contribution in [3.05, 3.63) is 47.5 Å². The van der Waals surface area contributed by atoms with Crippen LogP contribution in [0.1, 0.15) is 84.3 Å². The third-order valence-electron chi connectivity index (χ3n) is 6.72. The number of hydrogen-bond donors (Lipinski definition) is 4. The third kappa shape index (κ3) is 8.32. The topological polar surface area (TPSA) is 98.7 Å². The molecule has 2 aromatic carbocycles. The first-order valence-electron chi connectivity index (χ1n) is 13.6. The summed E-state index contributed by atoms with van der Waals surface area (Å²) in [7, 11) is 0. The predicted molar refractivity (Wildman–Crippen MR) is 149 cm³/mol. The van der Waals surface area contributed by atoms with Crippen molar-refractivity contribution in [1.82, 2.24) is 0 Å². The van der Waals surface area contributed by atoms with E-state index in [-0.39, 0.29) is 29.5 Å². The Morgan fingerprint density at radius 3 is 1.60 bits per heavy atom. The number of phenols is 2. The van der Waals surface area contributed by atoms with Gasteiger partial charge in [0.2, 0.25) is 11.3 Å². The SMILES string of the molecule is CC(C)C(=O)CCCCCCC(=O)Nc1ccc(C(c2ccc(NC(C)(C)C)c(O)c2)(C(F)(F)F)C(F)(F)F)cc1O. The number of carbonyl (C=O) groups is 2. The average Bonchev–Trinajstić information content (AvgIpc) is 2.82. The van der Waals surface area contributed by atoms with Gasteiger partial charge < -0.3 is 20.8 Å². The maximum Gasteiger partial charge on any atom is 0.411 e. The van der Waals surface area contributed by atoms with Gasteiger partial charge in [0.15, 0.2) is 0 Å². The number of unbranched alkanes of at least 4 members (excludes halogenated alkanes) is 3. The molecule has 0 radical (unpaired) electrons. The summed E-state index contributed by atoms with van der Waals surface area (Å²) in [4.78, 5) is 24.0. The van der Waals surface area contributed by atoms with E-state index in [1.807, 2.05) is 13.8 Å². The van der Waals surface area contributed by atoms with Crippen molar-refractivity contribution in [2.45, 2.75) is 96.5 Å². The van der Waals surface area contributed by atoms with E-state index in [2.05, 4.69) is 10.6 Å². The molecule has 0 atom stereocenters. The molecule has 0 aliphatic carbocycles. The number of benzene rings is 2. The van der Waals surface area contributed by atoms with Crippen molar-refractivity contribution >= 4 is 23.1 Å². The van der Waals surface area contributed by atoms with Crippen LogP contribution in [0.2, 0.25) is 0 Å². The molecule has 0 aromatic heterocycles. The van der Waals surface area contributed by atoms with Crippen molar-refractivity contribution < 1.29 is 46.1 Å². The van der Waals surface area contributed by atoms with E-state index in [4.69, 9.17) is 0 Å². The molecule has 0 unspecified atom stereocenters. The molecule has 0 fully saturated rings. The van der Waals surface area contributed by atoms with Crippen molar-refractivity contribution in [2.75, 3.05) is 10.6 Å². The van der Waals surface area contributed by atoms with Gasteiger partial charge in [0.1, 0.15) is 17.3 Å². The molecule has 12 heteroatoms. The number of carbonyl (C=O) groups excluding carboxylic acids is 2. The van der Waals surface area contributed by atoms with Gasteiger partial charge in [-0.05, 0) is 69.0 Å². The molecule has 4 N–H and O–H groups in total. The van der Waals surface area contributed by atoms with Crippen LogP contribution >= 0.6 is 0 Å². The van der Waals surface area contributed by atoms with E-state index in [1.165, 1.54) is 0 Å². The van der Waals surface area contributed by atoms with E-state index in [0.717, 1.165) is 12.1 Å². The second-order valence-corrected chi connectivity index (χ2v) is 11.7. The molecule has 234 valence electrons. The van der Waals surface area contributed by atoms with E-state index in [1.54, 1.807) is 20.8 Å². The molecule has 0 heterocycles. The van der Waals surface area contributed by atoms with Crippen molar-refractivity contribution in [1.29, 1.82) is 0 Å². The highest BCUT2D eigenvalue weighted by Gasteiger charge is 2.72. The fraction of sp³-hybridized carbons (Fsp3) is 0.533. The van der Waals surface area contributed by atoms with Crippen LogP contribution < -0.4 is 10.6 Å². The Morgan fingerprint density at radius 2 is 1.19 bits per heavy atom. The van der Waals surface area contributed by atoms with Crippen LogP contribution in [0.15, 0.2) is 36.4 Å². The molecule has 6 nitrogen and oxygen atoms in total. The van der Waals surface area contributed by atoms with Crippen LogP contribution in [0.5, 0.6) is 11.5 Å². The summed E-state index contributed by atoms with van der Waals surface area (Å²) in [6, 6.07) is 3.60. The van der Waals surface area contributed by atoms with E-state index in [9.17, 15) is 46.1 Å². The highest BCUT2D eigenvalue weighted by Crippen LogP contribution is 2.57. The largest absolute Gasteiger partial charge is 0.506 e. The van der Waals surface area contributed by atoms with Crippen molar-refractivity contribution in [3.8, 4) is 11.5 Å². The molecule has 0 saturated carbocycles. The minimum atomic E-state index is -5.94. The van der Waals surface area contributed by atoms with Crippen molar-refractivity contribution in [3.63, 3.8) is 0 Å². The van der Waals surface area contributed by atoms with Gasteiger partial charge in [-0.25, -0.2) is 0 Å². The summed E-state index contributed by atoms with van der Waals surface area (Å²) < 4.78 is 87.1. The molecule has 1 amide bonds. The number of hydrogen-bond acceptors (Lipinski definition) is 5. The molecule has 0 aliphatic heterocycles. The molecular weight excluding hydrogens is 566 g/mol. The van der Waals surface area contributed by atoms with Gasteiger partial charge in [-0.2, -0.15) is 26.3 Å². The monoisotopic (exact) mass is 604 g/mol. The Kier molecular flexibility index (Phi) is 11.0. The normalized spacial score (nSPS) is 12.9. The minimum absolute atomic E-state index is 0.00256. The van der Waals surface area contributed by atoms with Gasteiger partial charge in [-0.3, -0.25) is 9.59 Å². The second-order valence-electron chi connectivity index (χ2n) is 11.7. The van der Waals surface area contributed by atoms with Gasteiger partial charge in [0.25, 0.3) is 0 Å². The van der Waals surface area contributed by atoms with Crippen molar-refractivity contribution in [2.24, 2.45) is 5.92 Å². The summed E-state index contributed by atoms with van der Waals surface area (Å²) in [6.45, 7) is 8.70. The summed E-state index contributed by atoms with van der Waals surface area (Å²) in [5.41, 5.74) is -8.30. The number of ketones is 1. The maximum atomic E-state index is 14.5. The van der Waals surface area contributed by atoms with Crippen LogP contribution in [0, 0.1) is 5.92 Å². The van der Waals surface area contributed by atoms with E-state index in [0.29, 0.717) is 56.4 Å². The number of anilines is 2. The zero-order valence-corrected chi connectivity index (χ0v) is 24.3. The molecule has 0 spiro atoms. The highest BCUT2D eigenvalue weighted by atomic mass is 19.4. The lowest BCUT2D eigenvalue weighted by atomic mass is 9.72. The quantitative estimate of drug-likeness (QED) is 0.111.